The third kappa shape index (κ3) is 4.46. The summed E-state index contributed by atoms with van der Waals surface area (Å²) in [6.07, 6.45) is 2.16. The topological polar surface area (TPSA) is 32.7 Å². The zero-order valence-corrected chi connectivity index (χ0v) is 10.2. The zero-order valence-electron chi connectivity index (χ0n) is 10.2. The summed E-state index contributed by atoms with van der Waals surface area (Å²) in [7, 11) is 0. The first kappa shape index (κ1) is 12.6. The average molecular weight is 235 g/mol. The number of β-amino-alcohol motifs (C(OH)–C–C–N with tert-alkyl or cyclic N) is 1. The van der Waals surface area contributed by atoms with Crippen molar-refractivity contribution in [2.24, 2.45) is 0 Å². The molecule has 1 heterocycles. The van der Waals surface area contributed by atoms with Crippen molar-refractivity contribution in [1.82, 2.24) is 4.90 Å². The number of benzene rings is 1. The molecule has 0 bridgehead atoms. The molecule has 17 heavy (non-hydrogen) atoms. The van der Waals surface area contributed by atoms with Crippen molar-refractivity contribution in [3.8, 4) is 0 Å². The van der Waals surface area contributed by atoms with Crippen LogP contribution in [0.5, 0.6) is 0 Å². The summed E-state index contributed by atoms with van der Waals surface area (Å²) < 4.78 is 5.52. The zero-order chi connectivity index (χ0) is 11.9. The van der Waals surface area contributed by atoms with Gasteiger partial charge in [-0.25, -0.2) is 0 Å². The number of likely N-dealkylation sites (tertiary alicyclic amines) is 1. The van der Waals surface area contributed by atoms with Crippen molar-refractivity contribution in [1.29, 1.82) is 0 Å². The number of rotatable bonds is 6. The normalized spacial score (nSPS) is 18.4. The van der Waals surface area contributed by atoms with Crippen LogP contribution < -0.4 is 0 Å². The van der Waals surface area contributed by atoms with Crippen LogP contribution >= 0.6 is 0 Å². The molecular weight excluding hydrogens is 214 g/mol. The molecule has 94 valence electrons. The summed E-state index contributed by atoms with van der Waals surface area (Å²) in [4.78, 5) is 2.30. The summed E-state index contributed by atoms with van der Waals surface area (Å²) in [6.45, 7) is 3.99. The Kier molecular flexibility index (Phi) is 4.98. The molecular formula is C14H21NO2. The first-order valence-electron chi connectivity index (χ1n) is 6.36. The van der Waals surface area contributed by atoms with Crippen molar-refractivity contribution in [2.45, 2.75) is 25.6 Å². The molecule has 3 nitrogen and oxygen atoms in total. The summed E-state index contributed by atoms with van der Waals surface area (Å²) >= 11 is 0. The Morgan fingerprint density at radius 2 is 1.88 bits per heavy atom. The van der Waals surface area contributed by atoms with Crippen LogP contribution in [0, 0.1) is 0 Å². The van der Waals surface area contributed by atoms with E-state index >= 15 is 0 Å². The maximum absolute atomic E-state index is 9.82. The summed E-state index contributed by atoms with van der Waals surface area (Å²) in [5.74, 6) is 0. The van der Waals surface area contributed by atoms with E-state index in [0.29, 0.717) is 13.2 Å². The lowest BCUT2D eigenvalue weighted by atomic mass is 10.2. The molecule has 3 heteroatoms. The highest BCUT2D eigenvalue weighted by Gasteiger charge is 2.15. The highest BCUT2D eigenvalue weighted by Crippen LogP contribution is 2.08. The number of aliphatic hydroxyl groups is 1. The monoisotopic (exact) mass is 235 g/mol. The van der Waals surface area contributed by atoms with Crippen LogP contribution in [0.1, 0.15) is 18.4 Å². The Bertz CT molecular complexity index is 309. The SMILES string of the molecule is O[C@H](COCc1ccccc1)CN1CCCC1. The van der Waals surface area contributed by atoms with E-state index in [9.17, 15) is 5.11 Å². The highest BCUT2D eigenvalue weighted by atomic mass is 16.5. The second-order valence-electron chi connectivity index (χ2n) is 4.66. The lowest BCUT2D eigenvalue weighted by Gasteiger charge is -2.19. The van der Waals surface area contributed by atoms with Gasteiger partial charge in [0.05, 0.1) is 19.3 Å². The fraction of sp³-hybridized carbons (Fsp3) is 0.571. The van der Waals surface area contributed by atoms with Gasteiger partial charge in [0.2, 0.25) is 0 Å². The third-order valence-corrected chi connectivity index (χ3v) is 3.09. The second-order valence-corrected chi connectivity index (χ2v) is 4.66. The molecule has 0 radical (unpaired) electrons. The molecule has 1 N–H and O–H groups in total. The number of ether oxygens (including phenoxy) is 1. The second kappa shape index (κ2) is 6.74. The predicted molar refractivity (Wildman–Crippen MR) is 67.8 cm³/mol. The largest absolute Gasteiger partial charge is 0.389 e. The molecule has 1 aromatic rings. The fourth-order valence-electron chi connectivity index (χ4n) is 2.20. The number of nitrogens with zero attached hydrogens (tertiary/aromatic N) is 1. The lowest BCUT2D eigenvalue weighted by molar-refractivity contribution is 0.0134. The summed E-state index contributed by atoms with van der Waals surface area (Å²) in [6, 6.07) is 10.1. The lowest BCUT2D eigenvalue weighted by Crippen LogP contribution is -2.32. The van der Waals surface area contributed by atoms with Gasteiger partial charge in [-0.15, -0.1) is 0 Å². The van der Waals surface area contributed by atoms with E-state index in [1.807, 2.05) is 30.3 Å². The summed E-state index contributed by atoms with van der Waals surface area (Å²) in [5, 5.41) is 9.82. The quantitative estimate of drug-likeness (QED) is 0.814. The smallest absolute Gasteiger partial charge is 0.0900 e. The van der Waals surface area contributed by atoms with Crippen LogP contribution in [0.15, 0.2) is 30.3 Å². The van der Waals surface area contributed by atoms with E-state index in [1.165, 1.54) is 12.8 Å². The minimum absolute atomic E-state index is 0.364. The van der Waals surface area contributed by atoms with Crippen molar-refractivity contribution in [3.63, 3.8) is 0 Å². The minimum Gasteiger partial charge on any atom is -0.389 e. The standard InChI is InChI=1S/C14H21NO2/c16-14(10-15-8-4-5-9-15)12-17-11-13-6-2-1-3-7-13/h1-3,6-7,14,16H,4-5,8-12H2/t14-/m0/s1. The van der Waals surface area contributed by atoms with Crippen molar-refractivity contribution >= 4 is 0 Å². The van der Waals surface area contributed by atoms with Crippen LogP contribution in [0.2, 0.25) is 0 Å². The molecule has 1 fully saturated rings. The fourth-order valence-corrected chi connectivity index (χ4v) is 2.20. The average Bonchev–Trinajstić information content (AvgIpc) is 2.83. The Morgan fingerprint density at radius 1 is 1.18 bits per heavy atom. The molecule has 1 atom stereocenters. The Morgan fingerprint density at radius 3 is 2.59 bits per heavy atom. The van der Waals surface area contributed by atoms with Crippen LogP contribution in [-0.2, 0) is 11.3 Å². The van der Waals surface area contributed by atoms with Gasteiger partial charge in [0.1, 0.15) is 0 Å². The molecule has 0 saturated carbocycles. The third-order valence-electron chi connectivity index (χ3n) is 3.09. The Labute approximate surface area is 103 Å². The number of aliphatic hydroxyl groups excluding tert-OH is 1. The van der Waals surface area contributed by atoms with Crippen molar-refractivity contribution in [3.05, 3.63) is 35.9 Å². The maximum Gasteiger partial charge on any atom is 0.0900 e. The molecule has 0 spiro atoms. The van der Waals surface area contributed by atoms with Gasteiger partial charge in [-0.05, 0) is 31.5 Å². The molecule has 0 unspecified atom stereocenters. The van der Waals surface area contributed by atoms with Crippen LogP contribution in [0.3, 0.4) is 0 Å². The minimum atomic E-state index is -0.364. The van der Waals surface area contributed by atoms with Gasteiger partial charge in [0.25, 0.3) is 0 Å². The van der Waals surface area contributed by atoms with Gasteiger partial charge < -0.3 is 14.7 Å². The molecule has 1 aliphatic rings. The van der Waals surface area contributed by atoms with Crippen LogP contribution in [-0.4, -0.2) is 42.4 Å². The number of hydrogen-bond acceptors (Lipinski definition) is 3. The van der Waals surface area contributed by atoms with Crippen molar-refractivity contribution < 1.29 is 9.84 Å². The van der Waals surface area contributed by atoms with E-state index in [0.717, 1.165) is 25.2 Å². The van der Waals surface area contributed by atoms with Crippen LogP contribution in [0.4, 0.5) is 0 Å². The molecule has 2 rings (SSSR count). The molecule has 0 aromatic heterocycles. The van der Waals surface area contributed by atoms with Crippen molar-refractivity contribution in [2.75, 3.05) is 26.2 Å². The van der Waals surface area contributed by atoms with E-state index < -0.39 is 0 Å². The van der Waals surface area contributed by atoms with Gasteiger partial charge in [0.15, 0.2) is 0 Å². The van der Waals surface area contributed by atoms with E-state index in [-0.39, 0.29) is 6.10 Å². The first-order valence-corrected chi connectivity index (χ1v) is 6.36. The van der Waals surface area contributed by atoms with E-state index in [1.54, 1.807) is 0 Å². The highest BCUT2D eigenvalue weighted by molar-refractivity contribution is 5.13. The Hall–Kier alpha value is -0.900. The Balaban J connectivity index is 1.61. The van der Waals surface area contributed by atoms with Crippen LogP contribution in [0.25, 0.3) is 0 Å². The molecule has 0 aliphatic carbocycles. The van der Waals surface area contributed by atoms with Gasteiger partial charge in [-0.2, -0.15) is 0 Å². The summed E-state index contributed by atoms with van der Waals surface area (Å²) in [5.41, 5.74) is 1.15. The predicted octanol–water partition coefficient (Wildman–Crippen LogP) is 1.66. The van der Waals surface area contributed by atoms with Gasteiger partial charge >= 0.3 is 0 Å². The van der Waals surface area contributed by atoms with E-state index in [4.69, 9.17) is 4.74 Å². The van der Waals surface area contributed by atoms with Gasteiger partial charge in [-0.3, -0.25) is 0 Å². The molecule has 1 aromatic carbocycles. The maximum atomic E-state index is 9.82. The molecule has 0 amide bonds. The number of hydrogen-bond donors (Lipinski definition) is 1. The van der Waals surface area contributed by atoms with Gasteiger partial charge in [0, 0.05) is 6.54 Å². The molecule has 1 saturated heterocycles. The van der Waals surface area contributed by atoms with E-state index in [2.05, 4.69) is 4.90 Å². The molecule has 1 aliphatic heterocycles. The first-order chi connectivity index (χ1) is 8.34. The van der Waals surface area contributed by atoms with Gasteiger partial charge in [-0.1, -0.05) is 30.3 Å².